The fourth-order valence-corrected chi connectivity index (χ4v) is 1.58. The van der Waals surface area contributed by atoms with Gasteiger partial charge in [-0.3, -0.25) is 4.79 Å². The van der Waals surface area contributed by atoms with Crippen LogP contribution in [0.4, 0.5) is 0 Å². The lowest BCUT2D eigenvalue weighted by molar-refractivity contribution is -0.156. The number of rotatable bonds is 7. The Hall–Kier alpha value is -2.28. The second-order valence-corrected chi connectivity index (χ2v) is 4.71. The van der Waals surface area contributed by atoms with Gasteiger partial charge in [-0.15, -0.1) is 0 Å². The minimum atomic E-state index is -2.00. The molecule has 116 valence electrons. The summed E-state index contributed by atoms with van der Waals surface area (Å²) in [6.07, 6.45) is 0.00284. The lowest BCUT2D eigenvalue weighted by Crippen LogP contribution is -2.46. The molecule has 0 fully saturated rings. The van der Waals surface area contributed by atoms with Crippen LogP contribution in [0, 0.1) is 0 Å². The van der Waals surface area contributed by atoms with Crippen molar-refractivity contribution in [2.24, 2.45) is 0 Å². The van der Waals surface area contributed by atoms with Crippen LogP contribution in [0.2, 0.25) is 0 Å². The molecule has 0 aliphatic carbocycles. The molecule has 0 radical (unpaired) electrons. The zero-order valence-corrected chi connectivity index (χ0v) is 12.2. The highest BCUT2D eigenvalue weighted by Crippen LogP contribution is 2.24. The van der Waals surface area contributed by atoms with Gasteiger partial charge in [-0.25, -0.2) is 4.79 Å². The molecule has 0 aliphatic heterocycles. The van der Waals surface area contributed by atoms with Crippen molar-refractivity contribution in [2.45, 2.75) is 18.9 Å². The zero-order valence-electron chi connectivity index (χ0n) is 12.2. The summed E-state index contributed by atoms with van der Waals surface area (Å²) in [6, 6.07) is 5.03. The van der Waals surface area contributed by atoms with Crippen LogP contribution in [0.5, 0.6) is 11.5 Å². The van der Waals surface area contributed by atoms with E-state index >= 15 is 0 Å². The van der Waals surface area contributed by atoms with Gasteiger partial charge in [-0.1, -0.05) is 6.07 Å². The Morgan fingerprint density at radius 2 is 1.95 bits per heavy atom. The number of aliphatic hydroxyl groups is 1. The minimum Gasteiger partial charge on any atom is -0.497 e. The second-order valence-electron chi connectivity index (χ2n) is 4.71. The molecule has 0 spiro atoms. The van der Waals surface area contributed by atoms with Crippen molar-refractivity contribution in [3.8, 4) is 11.5 Å². The quantitative estimate of drug-likeness (QED) is 0.664. The van der Waals surface area contributed by atoms with Crippen molar-refractivity contribution < 1.29 is 29.3 Å². The van der Waals surface area contributed by atoms with Crippen LogP contribution in [0.25, 0.3) is 0 Å². The first-order chi connectivity index (χ1) is 9.80. The van der Waals surface area contributed by atoms with Crippen molar-refractivity contribution in [3.63, 3.8) is 0 Å². The molecule has 1 aromatic carbocycles. The Morgan fingerprint density at radius 3 is 2.48 bits per heavy atom. The van der Waals surface area contributed by atoms with E-state index in [9.17, 15) is 14.7 Å². The molecule has 3 N–H and O–H groups in total. The highest BCUT2D eigenvalue weighted by molar-refractivity contribution is 5.82. The van der Waals surface area contributed by atoms with Crippen LogP contribution in [0.1, 0.15) is 12.5 Å². The van der Waals surface area contributed by atoms with Gasteiger partial charge in [0.25, 0.3) is 0 Å². The van der Waals surface area contributed by atoms with Gasteiger partial charge in [-0.05, 0) is 13.0 Å². The van der Waals surface area contributed by atoms with Crippen LogP contribution in [0.15, 0.2) is 18.2 Å². The van der Waals surface area contributed by atoms with Gasteiger partial charge in [-0.2, -0.15) is 0 Å². The Balaban J connectivity index is 2.69. The summed E-state index contributed by atoms with van der Waals surface area (Å²) >= 11 is 0. The summed E-state index contributed by atoms with van der Waals surface area (Å²) in [5, 5.41) is 20.6. The fraction of sp³-hybridized carbons (Fsp3) is 0.429. The van der Waals surface area contributed by atoms with Crippen LogP contribution in [-0.4, -0.2) is 48.5 Å². The summed E-state index contributed by atoms with van der Waals surface area (Å²) in [4.78, 5) is 22.5. The predicted molar refractivity (Wildman–Crippen MR) is 74.5 cm³/mol. The lowest BCUT2D eigenvalue weighted by Gasteiger charge is -2.18. The average molecular weight is 297 g/mol. The molecule has 1 atom stereocenters. The van der Waals surface area contributed by atoms with E-state index in [2.05, 4.69) is 5.32 Å². The van der Waals surface area contributed by atoms with Gasteiger partial charge in [0, 0.05) is 11.6 Å². The minimum absolute atomic E-state index is 0.00284. The van der Waals surface area contributed by atoms with E-state index in [0.29, 0.717) is 17.1 Å². The van der Waals surface area contributed by atoms with E-state index in [4.69, 9.17) is 14.6 Å². The number of carboxylic acids is 1. The van der Waals surface area contributed by atoms with Crippen LogP contribution < -0.4 is 14.8 Å². The number of hydrogen-bond acceptors (Lipinski definition) is 5. The Bertz CT molecular complexity index is 526. The first kappa shape index (κ1) is 16.8. The van der Waals surface area contributed by atoms with Gasteiger partial charge >= 0.3 is 5.97 Å². The molecule has 0 saturated carbocycles. The van der Waals surface area contributed by atoms with E-state index in [1.165, 1.54) is 14.2 Å². The first-order valence-electron chi connectivity index (χ1n) is 6.23. The van der Waals surface area contributed by atoms with E-state index in [0.717, 1.165) is 6.92 Å². The molecule has 0 saturated heterocycles. The molecule has 0 heterocycles. The molecule has 1 amide bonds. The summed E-state index contributed by atoms with van der Waals surface area (Å²) < 4.78 is 10.2. The summed E-state index contributed by atoms with van der Waals surface area (Å²) in [7, 11) is 3.00. The van der Waals surface area contributed by atoms with Crippen molar-refractivity contribution in [2.75, 3.05) is 20.8 Å². The topological polar surface area (TPSA) is 105 Å². The Morgan fingerprint density at radius 1 is 1.29 bits per heavy atom. The largest absolute Gasteiger partial charge is 0.497 e. The molecule has 1 rings (SSSR count). The normalized spacial score (nSPS) is 13.1. The van der Waals surface area contributed by atoms with Crippen molar-refractivity contribution in [3.05, 3.63) is 23.8 Å². The number of aliphatic carboxylic acids is 1. The number of methoxy groups -OCH3 is 2. The molecule has 0 bridgehead atoms. The van der Waals surface area contributed by atoms with Gasteiger partial charge in [0.15, 0.2) is 5.60 Å². The third-order valence-electron chi connectivity index (χ3n) is 2.94. The SMILES string of the molecule is COc1ccc(CC(=O)NCC(C)(O)C(=O)O)c(OC)c1. The number of nitrogens with one attached hydrogen (secondary N) is 1. The number of carboxylic acid groups (broad SMARTS) is 1. The highest BCUT2D eigenvalue weighted by atomic mass is 16.5. The van der Waals surface area contributed by atoms with Crippen LogP contribution in [0.3, 0.4) is 0 Å². The molecule has 0 aromatic heterocycles. The van der Waals surface area contributed by atoms with E-state index in [1.54, 1.807) is 18.2 Å². The van der Waals surface area contributed by atoms with E-state index in [1.807, 2.05) is 0 Å². The highest BCUT2D eigenvalue weighted by Gasteiger charge is 2.30. The Labute approximate surface area is 122 Å². The average Bonchev–Trinajstić information content (AvgIpc) is 2.45. The molecule has 7 heteroatoms. The summed E-state index contributed by atoms with van der Waals surface area (Å²) in [5.41, 5.74) is -1.37. The third-order valence-corrected chi connectivity index (χ3v) is 2.94. The number of carbonyl (C=O) groups is 2. The molecule has 0 aliphatic rings. The first-order valence-corrected chi connectivity index (χ1v) is 6.23. The maximum atomic E-state index is 11.8. The summed E-state index contributed by atoms with van der Waals surface area (Å²) in [5.74, 6) is -0.718. The van der Waals surface area contributed by atoms with Gasteiger partial charge in [0.05, 0.1) is 27.2 Å². The van der Waals surface area contributed by atoms with Crippen molar-refractivity contribution >= 4 is 11.9 Å². The number of ether oxygens (including phenoxy) is 2. The Kier molecular flexibility index (Phi) is 5.54. The second kappa shape index (κ2) is 6.94. The number of carbonyl (C=O) groups excluding carboxylic acids is 1. The number of amides is 1. The summed E-state index contributed by atoms with van der Waals surface area (Å²) in [6.45, 7) is 0.739. The molecule has 1 unspecified atom stereocenters. The van der Waals surface area contributed by atoms with Crippen molar-refractivity contribution in [1.82, 2.24) is 5.32 Å². The zero-order chi connectivity index (χ0) is 16.0. The van der Waals surface area contributed by atoms with Crippen molar-refractivity contribution in [1.29, 1.82) is 0 Å². The lowest BCUT2D eigenvalue weighted by atomic mass is 10.1. The smallest absolute Gasteiger partial charge is 0.337 e. The molecule has 7 nitrogen and oxygen atoms in total. The number of benzene rings is 1. The van der Waals surface area contributed by atoms with E-state index < -0.39 is 17.5 Å². The third kappa shape index (κ3) is 4.64. The maximum absolute atomic E-state index is 11.8. The fourth-order valence-electron chi connectivity index (χ4n) is 1.58. The monoisotopic (exact) mass is 297 g/mol. The number of hydrogen-bond donors (Lipinski definition) is 3. The molecule has 21 heavy (non-hydrogen) atoms. The molecule has 1 aromatic rings. The van der Waals surface area contributed by atoms with Gasteiger partial charge < -0.3 is 25.0 Å². The molecular weight excluding hydrogens is 278 g/mol. The van der Waals surface area contributed by atoms with Gasteiger partial charge in [0.1, 0.15) is 11.5 Å². The standard InChI is InChI=1S/C14H19NO6/c1-14(19,13(17)18)8-15-12(16)6-9-4-5-10(20-2)7-11(9)21-3/h4-5,7,19H,6,8H2,1-3H3,(H,15,16)(H,17,18). The van der Waals surface area contributed by atoms with Crippen LogP contribution >= 0.6 is 0 Å². The predicted octanol–water partition coefficient (Wildman–Crippen LogP) is 0.198. The van der Waals surface area contributed by atoms with Gasteiger partial charge in [0.2, 0.25) is 5.91 Å². The molecular formula is C14H19NO6. The van der Waals surface area contributed by atoms with E-state index in [-0.39, 0.29) is 13.0 Å². The maximum Gasteiger partial charge on any atom is 0.337 e. The van der Waals surface area contributed by atoms with Crippen LogP contribution in [-0.2, 0) is 16.0 Å².